The van der Waals surface area contributed by atoms with Crippen LogP contribution in [0.1, 0.15) is 0 Å². The minimum atomic E-state index is -0.134. The monoisotopic (exact) mass is 334 g/mol. The van der Waals surface area contributed by atoms with E-state index in [1.165, 1.54) is 12.1 Å². The van der Waals surface area contributed by atoms with Crippen LogP contribution in [0.3, 0.4) is 0 Å². The van der Waals surface area contributed by atoms with Crippen molar-refractivity contribution in [3.8, 4) is 34.1 Å². The highest BCUT2D eigenvalue weighted by Crippen LogP contribution is 2.32. The van der Waals surface area contributed by atoms with Gasteiger partial charge in [-0.2, -0.15) is 0 Å². The van der Waals surface area contributed by atoms with Gasteiger partial charge in [-0.1, -0.05) is 24.8 Å². The lowest BCUT2D eigenvalue weighted by Gasteiger charge is -2.10. The molecule has 0 saturated heterocycles. The lowest BCUT2D eigenvalue weighted by atomic mass is 10.1. The Balaban J connectivity index is 2.05. The Morgan fingerprint density at radius 3 is 2.48 bits per heavy atom. The molecule has 1 heterocycles. The number of para-hydroxylation sites is 1. The molecule has 0 aliphatic carbocycles. The Hall–Kier alpha value is -3.27. The highest BCUT2D eigenvalue weighted by molar-refractivity contribution is 5.68. The van der Waals surface area contributed by atoms with E-state index < -0.39 is 0 Å². The second-order valence-corrected chi connectivity index (χ2v) is 5.35. The second-order valence-electron chi connectivity index (χ2n) is 5.35. The first-order valence-corrected chi connectivity index (χ1v) is 7.84. The average Bonchev–Trinajstić information content (AvgIpc) is 2.66. The minimum Gasteiger partial charge on any atom is -0.497 e. The number of hydrogen-bond acceptors (Lipinski definition) is 4. The molecule has 0 radical (unpaired) electrons. The van der Waals surface area contributed by atoms with Crippen LogP contribution in [0.15, 0.2) is 82.5 Å². The van der Waals surface area contributed by atoms with E-state index in [-0.39, 0.29) is 5.43 Å². The summed E-state index contributed by atoms with van der Waals surface area (Å²) in [5.41, 5.74) is 1.38. The number of methoxy groups -OCH3 is 1. The van der Waals surface area contributed by atoms with Crippen LogP contribution < -0.4 is 14.9 Å². The third-order valence-electron chi connectivity index (χ3n) is 3.65. The fourth-order valence-corrected chi connectivity index (χ4v) is 2.45. The van der Waals surface area contributed by atoms with E-state index in [0.717, 1.165) is 16.9 Å². The normalized spacial score (nSPS) is 10.3. The SMILES string of the molecule is C=CCOc1ccccc1-c1cc(=O)cc(-c2ccc(OC)cc2)o1. The van der Waals surface area contributed by atoms with E-state index >= 15 is 0 Å². The van der Waals surface area contributed by atoms with E-state index in [2.05, 4.69) is 6.58 Å². The van der Waals surface area contributed by atoms with Gasteiger partial charge in [0.05, 0.1) is 12.7 Å². The number of hydrogen-bond donors (Lipinski definition) is 0. The zero-order chi connectivity index (χ0) is 17.6. The van der Waals surface area contributed by atoms with Crippen LogP contribution in [0, 0.1) is 0 Å². The molecule has 1 aromatic heterocycles. The summed E-state index contributed by atoms with van der Waals surface area (Å²) in [7, 11) is 1.61. The quantitative estimate of drug-likeness (QED) is 0.621. The third kappa shape index (κ3) is 3.80. The molecule has 0 N–H and O–H groups in total. The molecular weight excluding hydrogens is 316 g/mol. The maximum Gasteiger partial charge on any atom is 0.186 e. The van der Waals surface area contributed by atoms with E-state index in [9.17, 15) is 4.79 Å². The summed E-state index contributed by atoms with van der Waals surface area (Å²) in [6, 6.07) is 17.7. The summed E-state index contributed by atoms with van der Waals surface area (Å²) in [6.07, 6.45) is 1.67. The Morgan fingerprint density at radius 2 is 1.76 bits per heavy atom. The fraction of sp³-hybridized carbons (Fsp3) is 0.0952. The van der Waals surface area contributed by atoms with Crippen molar-refractivity contribution in [2.45, 2.75) is 0 Å². The molecule has 0 aliphatic heterocycles. The molecule has 0 atom stereocenters. The largest absolute Gasteiger partial charge is 0.497 e. The molecule has 0 aliphatic rings. The third-order valence-corrected chi connectivity index (χ3v) is 3.65. The molecule has 3 rings (SSSR count). The summed E-state index contributed by atoms with van der Waals surface area (Å²) in [4.78, 5) is 12.2. The molecule has 4 nitrogen and oxygen atoms in total. The van der Waals surface area contributed by atoms with Crippen LogP contribution in [-0.2, 0) is 0 Å². The van der Waals surface area contributed by atoms with Gasteiger partial charge in [0.2, 0.25) is 0 Å². The van der Waals surface area contributed by atoms with E-state index in [1.54, 1.807) is 13.2 Å². The molecule has 0 amide bonds. The van der Waals surface area contributed by atoms with Crippen molar-refractivity contribution < 1.29 is 13.9 Å². The molecule has 0 spiro atoms. The van der Waals surface area contributed by atoms with Crippen LogP contribution >= 0.6 is 0 Å². The van der Waals surface area contributed by atoms with Crippen molar-refractivity contribution in [3.63, 3.8) is 0 Å². The molecular formula is C21H18O4. The van der Waals surface area contributed by atoms with Crippen molar-refractivity contribution in [1.82, 2.24) is 0 Å². The fourth-order valence-electron chi connectivity index (χ4n) is 2.45. The molecule has 3 aromatic rings. The van der Waals surface area contributed by atoms with Crippen molar-refractivity contribution in [3.05, 3.63) is 83.5 Å². The highest BCUT2D eigenvalue weighted by atomic mass is 16.5. The zero-order valence-corrected chi connectivity index (χ0v) is 13.9. The second kappa shape index (κ2) is 7.53. The number of rotatable bonds is 6. The van der Waals surface area contributed by atoms with Gasteiger partial charge >= 0.3 is 0 Å². The van der Waals surface area contributed by atoms with Crippen LogP contribution in [-0.4, -0.2) is 13.7 Å². The lowest BCUT2D eigenvalue weighted by molar-refractivity contribution is 0.363. The Kier molecular flexibility index (Phi) is 5.00. The Bertz CT molecular complexity index is 923. The molecule has 0 bridgehead atoms. The Labute approximate surface area is 146 Å². The minimum absolute atomic E-state index is 0.134. The summed E-state index contributed by atoms with van der Waals surface area (Å²) >= 11 is 0. The van der Waals surface area contributed by atoms with Crippen LogP contribution in [0.5, 0.6) is 11.5 Å². The van der Waals surface area contributed by atoms with E-state index in [4.69, 9.17) is 13.9 Å². The molecule has 25 heavy (non-hydrogen) atoms. The van der Waals surface area contributed by atoms with Crippen molar-refractivity contribution in [2.75, 3.05) is 13.7 Å². The molecule has 2 aromatic carbocycles. The first-order valence-electron chi connectivity index (χ1n) is 7.84. The van der Waals surface area contributed by atoms with Gasteiger partial charge in [0.25, 0.3) is 0 Å². The van der Waals surface area contributed by atoms with Crippen LogP contribution in [0.2, 0.25) is 0 Å². The molecule has 126 valence electrons. The first-order chi connectivity index (χ1) is 12.2. The predicted molar refractivity (Wildman–Crippen MR) is 98.1 cm³/mol. The topological polar surface area (TPSA) is 48.7 Å². The van der Waals surface area contributed by atoms with E-state index in [1.807, 2.05) is 48.5 Å². The highest BCUT2D eigenvalue weighted by Gasteiger charge is 2.11. The van der Waals surface area contributed by atoms with Gasteiger partial charge in [0, 0.05) is 17.7 Å². The van der Waals surface area contributed by atoms with E-state index in [0.29, 0.717) is 23.9 Å². The van der Waals surface area contributed by atoms with Gasteiger partial charge in [0.15, 0.2) is 5.43 Å². The van der Waals surface area contributed by atoms with Crippen molar-refractivity contribution in [1.29, 1.82) is 0 Å². The molecule has 0 fully saturated rings. The first kappa shape index (κ1) is 16.6. The molecule has 0 unspecified atom stereocenters. The van der Waals surface area contributed by atoms with Gasteiger partial charge in [0.1, 0.15) is 29.6 Å². The predicted octanol–water partition coefficient (Wildman–Crippen LogP) is 4.55. The standard InChI is InChI=1S/C21H18O4/c1-3-12-24-19-7-5-4-6-18(19)21-14-16(22)13-20(25-21)15-8-10-17(23-2)11-9-15/h3-11,13-14H,1,12H2,2H3. The van der Waals surface area contributed by atoms with Crippen molar-refractivity contribution >= 4 is 0 Å². The molecule has 0 saturated carbocycles. The van der Waals surface area contributed by atoms with Gasteiger partial charge in [-0.05, 0) is 36.4 Å². The van der Waals surface area contributed by atoms with Gasteiger partial charge in [-0.3, -0.25) is 4.79 Å². The summed E-state index contributed by atoms with van der Waals surface area (Å²) < 4.78 is 16.8. The van der Waals surface area contributed by atoms with Gasteiger partial charge in [-0.25, -0.2) is 0 Å². The Morgan fingerprint density at radius 1 is 1.04 bits per heavy atom. The van der Waals surface area contributed by atoms with Crippen LogP contribution in [0.25, 0.3) is 22.6 Å². The van der Waals surface area contributed by atoms with Crippen LogP contribution in [0.4, 0.5) is 0 Å². The van der Waals surface area contributed by atoms with Gasteiger partial charge in [-0.15, -0.1) is 0 Å². The number of ether oxygens (including phenoxy) is 2. The maximum atomic E-state index is 12.2. The summed E-state index contributed by atoms with van der Waals surface area (Å²) in [5.74, 6) is 2.32. The smallest absolute Gasteiger partial charge is 0.186 e. The van der Waals surface area contributed by atoms with Crippen molar-refractivity contribution in [2.24, 2.45) is 0 Å². The summed E-state index contributed by atoms with van der Waals surface area (Å²) in [5, 5.41) is 0. The maximum absolute atomic E-state index is 12.2. The molecule has 4 heteroatoms. The number of benzene rings is 2. The lowest BCUT2D eigenvalue weighted by Crippen LogP contribution is -2.00. The average molecular weight is 334 g/mol. The zero-order valence-electron chi connectivity index (χ0n) is 13.9. The summed E-state index contributed by atoms with van der Waals surface area (Å²) in [6.45, 7) is 4.03. The van der Waals surface area contributed by atoms with Gasteiger partial charge < -0.3 is 13.9 Å².